The first-order valence-corrected chi connectivity index (χ1v) is 9.63. The summed E-state index contributed by atoms with van der Waals surface area (Å²) in [6.07, 6.45) is 6.81. The van der Waals surface area contributed by atoms with Crippen LogP contribution in [0.4, 0.5) is 11.6 Å². The lowest BCUT2D eigenvalue weighted by molar-refractivity contribution is 0.102. The predicted octanol–water partition coefficient (Wildman–Crippen LogP) is 3.21. The fourth-order valence-corrected chi connectivity index (χ4v) is 3.54. The maximum Gasteiger partial charge on any atom is 0.279 e. The number of anilines is 2. The van der Waals surface area contributed by atoms with Crippen molar-refractivity contribution in [3.05, 3.63) is 41.4 Å². The van der Waals surface area contributed by atoms with E-state index < -0.39 is 0 Å². The average Bonchev–Trinajstić information content (AvgIpc) is 2.68. The van der Waals surface area contributed by atoms with Crippen molar-refractivity contribution in [3.8, 4) is 0 Å². The van der Waals surface area contributed by atoms with Gasteiger partial charge in [0.15, 0.2) is 11.5 Å². The van der Waals surface area contributed by atoms with Crippen LogP contribution in [0.15, 0.2) is 30.7 Å². The standard InChI is InChI=1S/C19H25ClN6O/c1-12(2)16(13-5-7-21-8-6-13)26-18-17(22-9-10-23-18)19(27)25-15-4-3-14(20)11-24-15/h3-4,9-13,16,21H,5-8H2,1-2H3,(H,23,26)(H,24,25,27). The highest BCUT2D eigenvalue weighted by molar-refractivity contribution is 6.30. The minimum atomic E-state index is -0.353. The Morgan fingerprint density at radius 3 is 2.59 bits per heavy atom. The number of carbonyl (C=O) groups excluding carboxylic acids is 1. The SMILES string of the molecule is CC(C)C(Nc1nccnc1C(=O)Nc1ccc(Cl)cn1)C1CCNCC1. The average molecular weight is 389 g/mol. The minimum Gasteiger partial charge on any atom is -0.365 e. The van der Waals surface area contributed by atoms with Crippen molar-refractivity contribution in [3.63, 3.8) is 0 Å². The Hall–Kier alpha value is -2.25. The first-order chi connectivity index (χ1) is 13.0. The predicted molar refractivity (Wildman–Crippen MR) is 107 cm³/mol. The van der Waals surface area contributed by atoms with Gasteiger partial charge in [0.25, 0.3) is 5.91 Å². The highest BCUT2D eigenvalue weighted by Crippen LogP contribution is 2.26. The molecule has 3 rings (SSSR count). The number of pyridine rings is 1. The van der Waals surface area contributed by atoms with Crippen LogP contribution in [-0.2, 0) is 0 Å². The summed E-state index contributed by atoms with van der Waals surface area (Å²) >= 11 is 5.84. The van der Waals surface area contributed by atoms with Gasteiger partial charge in [-0.15, -0.1) is 0 Å². The summed E-state index contributed by atoms with van der Waals surface area (Å²) in [5, 5.41) is 10.1. The van der Waals surface area contributed by atoms with E-state index in [1.165, 1.54) is 12.4 Å². The topological polar surface area (TPSA) is 91.8 Å². The highest BCUT2D eigenvalue weighted by atomic mass is 35.5. The second-order valence-corrected chi connectivity index (χ2v) is 7.51. The summed E-state index contributed by atoms with van der Waals surface area (Å²) in [6, 6.07) is 3.55. The van der Waals surface area contributed by atoms with Crippen LogP contribution in [0.2, 0.25) is 5.02 Å². The molecule has 2 aromatic heterocycles. The Morgan fingerprint density at radius 1 is 1.19 bits per heavy atom. The number of amides is 1. The Kier molecular flexibility index (Phi) is 6.58. The van der Waals surface area contributed by atoms with Crippen molar-refractivity contribution in [2.45, 2.75) is 32.7 Å². The van der Waals surface area contributed by atoms with Crippen molar-refractivity contribution in [1.29, 1.82) is 0 Å². The third-order valence-electron chi connectivity index (χ3n) is 4.80. The van der Waals surface area contributed by atoms with E-state index in [4.69, 9.17) is 11.6 Å². The zero-order valence-electron chi connectivity index (χ0n) is 15.6. The Labute approximate surface area is 164 Å². The number of piperidine rings is 1. The van der Waals surface area contributed by atoms with E-state index in [1.807, 2.05) is 0 Å². The summed E-state index contributed by atoms with van der Waals surface area (Å²) in [7, 11) is 0. The first-order valence-electron chi connectivity index (χ1n) is 9.25. The van der Waals surface area contributed by atoms with Crippen molar-refractivity contribution in [1.82, 2.24) is 20.3 Å². The van der Waals surface area contributed by atoms with Crippen LogP contribution < -0.4 is 16.0 Å². The molecule has 1 amide bonds. The van der Waals surface area contributed by atoms with Crippen molar-refractivity contribution in [2.75, 3.05) is 23.7 Å². The van der Waals surface area contributed by atoms with Gasteiger partial charge in [-0.1, -0.05) is 25.4 Å². The van der Waals surface area contributed by atoms with Crippen LogP contribution in [0.5, 0.6) is 0 Å². The molecule has 144 valence electrons. The number of hydrogen-bond donors (Lipinski definition) is 3. The quantitative estimate of drug-likeness (QED) is 0.703. The van der Waals surface area contributed by atoms with Crippen LogP contribution >= 0.6 is 11.6 Å². The summed E-state index contributed by atoms with van der Waals surface area (Å²) in [5.74, 6) is 1.50. The molecule has 27 heavy (non-hydrogen) atoms. The molecule has 0 aromatic carbocycles. The van der Waals surface area contributed by atoms with Crippen molar-refractivity contribution >= 4 is 29.1 Å². The molecule has 3 N–H and O–H groups in total. The lowest BCUT2D eigenvalue weighted by Gasteiger charge is -2.34. The molecule has 2 aromatic rings. The maximum absolute atomic E-state index is 12.7. The first kappa shape index (κ1) is 19.5. The summed E-state index contributed by atoms with van der Waals surface area (Å²) in [5.41, 5.74) is 0.258. The largest absolute Gasteiger partial charge is 0.365 e. The number of nitrogens with one attached hydrogen (secondary N) is 3. The molecule has 1 saturated heterocycles. The molecule has 3 heterocycles. The second-order valence-electron chi connectivity index (χ2n) is 7.07. The molecule has 8 heteroatoms. The van der Waals surface area contributed by atoms with Gasteiger partial charge in [0.2, 0.25) is 0 Å². The van der Waals surface area contributed by atoms with E-state index in [0.717, 1.165) is 25.9 Å². The van der Waals surface area contributed by atoms with Gasteiger partial charge in [0.05, 0.1) is 5.02 Å². The minimum absolute atomic E-state index is 0.226. The number of rotatable bonds is 6. The van der Waals surface area contributed by atoms with E-state index >= 15 is 0 Å². The fourth-order valence-electron chi connectivity index (χ4n) is 3.43. The van der Waals surface area contributed by atoms with Gasteiger partial charge >= 0.3 is 0 Å². The third-order valence-corrected chi connectivity index (χ3v) is 5.02. The summed E-state index contributed by atoms with van der Waals surface area (Å²) in [6.45, 7) is 6.41. The number of hydrogen-bond acceptors (Lipinski definition) is 6. The van der Waals surface area contributed by atoms with E-state index in [-0.39, 0.29) is 17.6 Å². The molecule has 0 saturated carbocycles. The lowest BCUT2D eigenvalue weighted by Crippen LogP contribution is -2.41. The van der Waals surface area contributed by atoms with Gasteiger partial charge in [-0.2, -0.15) is 0 Å². The van der Waals surface area contributed by atoms with Gasteiger partial charge in [0.1, 0.15) is 5.82 Å². The maximum atomic E-state index is 12.7. The van der Waals surface area contributed by atoms with Crippen LogP contribution in [-0.4, -0.2) is 40.0 Å². The summed E-state index contributed by atoms with van der Waals surface area (Å²) < 4.78 is 0. The van der Waals surface area contributed by atoms with E-state index in [9.17, 15) is 4.79 Å². The molecule has 0 bridgehead atoms. The van der Waals surface area contributed by atoms with Gasteiger partial charge < -0.3 is 16.0 Å². The van der Waals surface area contributed by atoms with E-state index in [0.29, 0.717) is 28.5 Å². The molecule has 0 radical (unpaired) electrons. The van der Waals surface area contributed by atoms with E-state index in [1.54, 1.807) is 18.3 Å². The highest BCUT2D eigenvalue weighted by Gasteiger charge is 2.28. The third kappa shape index (κ3) is 5.14. The number of carbonyl (C=O) groups is 1. The Balaban J connectivity index is 1.77. The molecule has 0 aliphatic carbocycles. The lowest BCUT2D eigenvalue weighted by atomic mass is 9.84. The van der Waals surface area contributed by atoms with Crippen LogP contribution in [0, 0.1) is 11.8 Å². The zero-order valence-corrected chi connectivity index (χ0v) is 16.3. The molecule has 1 fully saturated rings. The number of aromatic nitrogens is 3. The zero-order chi connectivity index (χ0) is 19.2. The number of halogens is 1. The fraction of sp³-hybridized carbons (Fsp3) is 0.474. The molecular formula is C19H25ClN6O. The molecule has 1 atom stereocenters. The van der Waals surface area contributed by atoms with Crippen LogP contribution in [0.3, 0.4) is 0 Å². The van der Waals surface area contributed by atoms with Crippen molar-refractivity contribution in [2.24, 2.45) is 11.8 Å². The van der Waals surface area contributed by atoms with Crippen LogP contribution in [0.1, 0.15) is 37.2 Å². The second kappa shape index (κ2) is 9.10. The Bertz CT molecular complexity index is 761. The van der Waals surface area contributed by atoms with Crippen molar-refractivity contribution < 1.29 is 4.79 Å². The van der Waals surface area contributed by atoms with Gasteiger partial charge in [0, 0.05) is 24.6 Å². The molecule has 1 aliphatic heterocycles. The molecular weight excluding hydrogens is 364 g/mol. The Morgan fingerprint density at radius 2 is 1.93 bits per heavy atom. The van der Waals surface area contributed by atoms with E-state index in [2.05, 4.69) is 44.7 Å². The van der Waals surface area contributed by atoms with Gasteiger partial charge in [-0.3, -0.25) is 4.79 Å². The summed E-state index contributed by atoms with van der Waals surface area (Å²) in [4.78, 5) is 25.4. The normalized spacial score (nSPS) is 16.1. The van der Waals surface area contributed by atoms with Gasteiger partial charge in [-0.25, -0.2) is 15.0 Å². The molecule has 1 aliphatic rings. The number of nitrogens with zero attached hydrogens (tertiary/aromatic N) is 3. The smallest absolute Gasteiger partial charge is 0.279 e. The monoisotopic (exact) mass is 388 g/mol. The van der Waals surface area contributed by atoms with Crippen LogP contribution in [0.25, 0.3) is 0 Å². The molecule has 1 unspecified atom stereocenters. The van der Waals surface area contributed by atoms with Gasteiger partial charge in [-0.05, 0) is 49.9 Å². The molecule has 7 nitrogen and oxygen atoms in total. The molecule has 0 spiro atoms.